The summed E-state index contributed by atoms with van der Waals surface area (Å²) in [5, 5.41) is 3.03. The van der Waals surface area contributed by atoms with Crippen molar-refractivity contribution in [2.75, 3.05) is 61.5 Å². The first-order valence-corrected chi connectivity index (χ1v) is 15.7. The van der Waals surface area contributed by atoms with Gasteiger partial charge in [-0.1, -0.05) is 18.2 Å². The molecule has 1 N–H and O–H groups in total. The van der Waals surface area contributed by atoms with E-state index in [9.17, 15) is 18.8 Å². The second-order valence-corrected chi connectivity index (χ2v) is 12.2. The number of hydrogen-bond acceptors (Lipinski definition) is 6. The fourth-order valence-electron chi connectivity index (χ4n) is 7.16. The van der Waals surface area contributed by atoms with E-state index in [4.69, 9.17) is 4.74 Å². The van der Waals surface area contributed by atoms with Gasteiger partial charge in [-0.15, -0.1) is 0 Å². The van der Waals surface area contributed by atoms with E-state index in [1.54, 1.807) is 19.2 Å². The minimum absolute atomic E-state index is 0.0273. The standard InChI is InChI=1S/C36H36FN5O4/c1-46-33-7-3-2-5-32(33)39-15-17-40(18-16-39)36(45)26-11-14-31(29(20-26)38-35(44)25-9-12-28(37)13-10-25)41-21-24-19-27(23-41)30-6-4-8-34(43)42(30)22-24/h2-14,20,24,27H,15-19,21-23H2,1H3,(H,38,44)/t24-,27+/m1/s1. The van der Waals surface area contributed by atoms with E-state index in [0.29, 0.717) is 56.1 Å². The molecular weight excluding hydrogens is 585 g/mol. The molecule has 4 heterocycles. The molecule has 0 radical (unpaired) electrons. The maximum absolute atomic E-state index is 13.8. The van der Waals surface area contributed by atoms with Crippen LogP contribution in [0.2, 0.25) is 0 Å². The highest BCUT2D eigenvalue weighted by molar-refractivity contribution is 6.07. The quantitative estimate of drug-likeness (QED) is 0.332. The molecule has 7 rings (SSSR count). The molecule has 9 nitrogen and oxygen atoms in total. The van der Waals surface area contributed by atoms with Crippen molar-refractivity contribution >= 4 is 28.9 Å². The summed E-state index contributed by atoms with van der Waals surface area (Å²) in [6.07, 6.45) is 0.995. The second-order valence-electron chi connectivity index (χ2n) is 12.2. The van der Waals surface area contributed by atoms with Crippen LogP contribution in [0.1, 0.15) is 38.7 Å². The number of carbonyl (C=O) groups excluding carboxylic acids is 2. The highest BCUT2D eigenvalue weighted by Crippen LogP contribution is 2.39. The fraction of sp³-hybridized carbons (Fsp3) is 0.306. The average Bonchev–Trinajstić information content (AvgIpc) is 3.08. The number of piperazine rings is 1. The molecule has 3 aliphatic rings. The number of nitrogens with one attached hydrogen (secondary N) is 1. The topological polar surface area (TPSA) is 87.1 Å². The molecule has 236 valence electrons. The van der Waals surface area contributed by atoms with Gasteiger partial charge in [0, 0.05) is 74.6 Å². The first-order valence-electron chi connectivity index (χ1n) is 15.7. The number of nitrogens with zero attached hydrogens (tertiary/aromatic N) is 4. The summed E-state index contributed by atoms with van der Waals surface area (Å²) in [6.45, 7) is 4.47. The van der Waals surface area contributed by atoms with Gasteiger partial charge in [0.05, 0.1) is 24.2 Å². The summed E-state index contributed by atoms with van der Waals surface area (Å²) in [7, 11) is 1.66. The lowest BCUT2D eigenvalue weighted by atomic mass is 9.83. The zero-order valence-corrected chi connectivity index (χ0v) is 25.7. The normalized spacial score (nSPS) is 19.0. The largest absolute Gasteiger partial charge is 0.495 e. The molecule has 46 heavy (non-hydrogen) atoms. The number of anilines is 3. The van der Waals surface area contributed by atoms with Crippen molar-refractivity contribution in [2.24, 2.45) is 5.92 Å². The Morgan fingerprint density at radius 2 is 1.57 bits per heavy atom. The Kier molecular flexibility index (Phi) is 7.94. The number of methoxy groups -OCH3 is 1. The molecule has 0 saturated carbocycles. The van der Waals surface area contributed by atoms with Gasteiger partial charge < -0.3 is 29.3 Å². The van der Waals surface area contributed by atoms with Gasteiger partial charge in [0.2, 0.25) is 0 Å². The Bertz CT molecular complexity index is 1830. The van der Waals surface area contributed by atoms with Crippen molar-refractivity contribution in [1.29, 1.82) is 0 Å². The predicted octanol–water partition coefficient (Wildman–Crippen LogP) is 4.83. The summed E-state index contributed by atoms with van der Waals surface area (Å²) in [4.78, 5) is 46.0. The zero-order valence-electron chi connectivity index (χ0n) is 25.7. The van der Waals surface area contributed by atoms with Gasteiger partial charge in [0.1, 0.15) is 11.6 Å². The number of para-hydroxylation sites is 2. The maximum Gasteiger partial charge on any atom is 0.255 e. The number of amides is 2. The predicted molar refractivity (Wildman–Crippen MR) is 176 cm³/mol. The molecule has 2 amide bonds. The number of piperidine rings is 1. The van der Waals surface area contributed by atoms with Gasteiger partial charge in [-0.05, 0) is 73.0 Å². The SMILES string of the molecule is COc1ccccc1N1CCN(C(=O)c2ccc(N3C[C@H]4C[C@@H](C3)c3cccc(=O)n3C4)c(NC(=O)c3ccc(F)cc3)c2)CC1. The lowest BCUT2D eigenvalue weighted by Gasteiger charge is -2.44. The number of fused-ring (bicyclic) bond motifs is 4. The summed E-state index contributed by atoms with van der Waals surface area (Å²) in [6, 6.07) is 24.2. The highest BCUT2D eigenvalue weighted by Gasteiger charge is 2.35. The molecule has 4 aromatic rings. The summed E-state index contributed by atoms with van der Waals surface area (Å²) < 4.78 is 21.0. The first kappa shape index (κ1) is 29.6. The molecule has 0 spiro atoms. The van der Waals surface area contributed by atoms with Crippen LogP contribution >= 0.6 is 0 Å². The smallest absolute Gasteiger partial charge is 0.255 e. The van der Waals surface area contributed by atoms with Gasteiger partial charge in [-0.3, -0.25) is 14.4 Å². The molecule has 1 aromatic heterocycles. The Morgan fingerprint density at radius 1 is 0.804 bits per heavy atom. The number of ether oxygens (including phenoxy) is 1. The molecule has 2 saturated heterocycles. The van der Waals surface area contributed by atoms with Gasteiger partial charge in [0.25, 0.3) is 17.4 Å². The molecule has 10 heteroatoms. The number of carbonyl (C=O) groups is 2. The van der Waals surface area contributed by atoms with Crippen molar-refractivity contribution < 1.29 is 18.7 Å². The third-order valence-corrected chi connectivity index (χ3v) is 9.41. The van der Waals surface area contributed by atoms with Gasteiger partial charge >= 0.3 is 0 Å². The number of pyridine rings is 1. The van der Waals surface area contributed by atoms with Crippen LogP contribution in [0.3, 0.4) is 0 Å². The van der Waals surface area contributed by atoms with Crippen LogP contribution < -0.4 is 25.4 Å². The Morgan fingerprint density at radius 3 is 2.35 bits per heavy atom. The number of rotatable bonds is 6. The summed E-state index contributed by atoms with van der Waals surface area (Å²) in [5.74, 6) is 0.333. The summed E-state index contributed by atoms with van der Waals surface area (Å²) >= 11 is 0. The van der Waals surface area contributed by atoms with Crippen molar-refractivity contribution in [2.45, 2.75) is 18.9 Å². The third kappa shape index (κ3) is 5.71. The van der Waals surface area contributed by atoms with E-state index < -0.39 is 5.82 Å². The summed E-state index contributed by atoms with van der Waals surface area (Å²) in [5.41, 5.74) is 4.21. The molecule has 0 unspecified atom stereocenters. The zero-order chi connectivity index (χ0) is 31.8. The van der Waals surface area contributed by atoms with Gasteiger partial charge in [-0.2, -0.15) is 0 Å². The van der Waals surface area contributed by atoms with E-state index in [0.717, 1.165) is 35.8 Å². The minimum Gasteiger partial charge on any atom is -0.495 e. The second kappa shape index (κ2) is 12.3. The fourth-order valence-corrected chi connectivity index (χ4v) is 7.16. The van der Waals surface area contributed by atoms with E-state index in [2.05, 4.69) is 15.1 Å². The average molecular weight is 622 g/mol. The highest BCUT2D eigenvalue weighted by atomic mass is 19.1. The lowest BCUT2D eigenvalue weighted by molar-refractivity contribution is 0.0746. The van der Waals surface area contributed by atoms with E-state index in [1.807, 2.05) is 58.0 Å². The van der Waals surface area contributed by atoms with Gasteiger partial charge in [0.15, 0.2) is 0 Å². The monoisotopic (exact) mass is 621 g/mol. The Hall–Kier alpha value is -5.12. The van der Waals surface area contributed by atoms with Crippen LogP contribution in [-0.2, 0) is 6.54 Å². The van der Waals surface area contributed by atoms with Crippen LogP contribution in [0.4, 0.5) is 21.5 Å². The van der Waals surface area contributed by atoms with Crippen molar-refractivity contribution in [3.05, 3.63) is 118 Å². The molecule has 0 aliphatic carbocycles. The number of hydrogen-bond donors (Lipinski definition) is 1. The molecule has 2 fully saturated rings. The van der Waals surface area contributed by atoms with E-state index in [1.165, 1.54) is 24.3 Å². The molecule has 2 atom stereocenters. The van der Waals surface area contributed by atoms with Crippen LogP contribution in [0, 0.1) is 11.7 Å². The van der Waals surface area contributed by atoms with Crippen molar-refractivity contribution in [1.82, 2.24) is 9.47 Å². The molecule has 3 aliphatic heterocycles. The van der Waals surface area contributed by atoms with Gasteiger partial charge in [-0.25, -0.2) is 4.39 Å². The lowest BCUT2D eigenvalue weighted by Crippen LogP contribution is -2.49. The minimum atomic E-state index is -0.421. The maximum atomic E-state index is 13.8. The van der Waals surface area contributed by atoms with Crippen LogP contribution in [0.25, 0.3) is 0 Å². The van der Waals surface area contributed by atoms with Crippen LogP contribution in [0.5, 0.6) is 5.75 Å². The number of aromatic nitrogens is 1. The van der Waals surface area contributed by atoms with Crippen molar-refractivity contribution in [3.63, 3.8) is 0 Å². The molecular formula is C36H36FN5O4. The molecule has 2 bridgehead atoms. The van der Waals surface area contributed by atoms with Crippen LogP contribution in [0.15, 0.2) is 89.7 Å². The van der Waals surface area contributed by atoms with E-state index in [-0.39, 0.29) is 29.2 Å². The Balaban J connectivity index is 1.15. The first-order chi connectivity index (χ1) is 22.4. The van der Waals surface area contributed by atoms with E-state index >= 15 is 0 Å². The third-order valence-electron chi connectivity index (χ3n) is 9.41. The van der Waals surface area contributed by atoms with Crippen molar-refractivity contribution in [3.8, 4) is 5.75 Å². The molecule has 3 aromatic carbocycles. The number of benzene rings is 3. The number of halogens is 1. The van der Waals surface area contributed by atoms with Crippen LogP contribution in [-0.4, -0.2) is 67.7 Å². The Labute approximate surface area is 266 Å².